The van der Waals surface area contributed by atoms with Gasteiger partial charge in [-0.1, -0.05) is 0 Å². The highest BCUT2D eigenvalue weighted by molar-refractivity contribution is 4.67. The van der Waals surface area contributed by atoms with Gasteiger partial charge in [0, 0.05) is 6.61 Å². The first-order valence-electron chi connectivity index (χ1n) is 4.02. The van der Waals surface area contributed by atoms with Crippen molar-refractivity contribution in [3.63, 3.8) is 0 Å². The minimum Gasteiger partial charge on any atom is -0.354 e. The molecule has 1 atom stereocenters. The lowest BCUT2D eigenvalue weighted by Gasteiger charge is -2.23. The predicted molar refractivity (Wildman–Crippen MR) is 37.6 cm³/mol. The van der Waals surface area contributed by atoms with Crippen molar-refractivity contribution in [2.24, 2.45) is 0 Å². The normalized spacial score (nSPS) is 27.8. The molecule has 0 aliphatic carbocycles. The van der Waals surface area contributed by atoms with Gasteiger partial charge in [0.15, 0.2) is 0 Å². The maximum absolute atomic E-state index is 12.1. The van der Waals surface area contributed by atoms with Crippen molar-refractivity contribution in [3.05, 3.63) is 0 Å². The summed E-state index contributed by atoms with van der Waals surface area (Å²) in [6.45, 7) is 0.571. The first-order chi connectivity index (χ1) is 5.61. The standard InChI is InChI=1S/C7H12F3NO/c8-7(9,10)6-11-4-2-1-3-5-12-6/h6,11H,1-5H2. The van der Waals surface area contributed by atoms with Crippen molar-refractivity contribution >= 4 is 0 Å². The van der Waals surface area contributed by atoms with Crippen LogP contribution in [0.25, 0.3) is 0 Å². The summed E-state index contributed by atoms with van der Waals surface area (Å²) in [5, 5.41) is 2.31. The zero-order chi connectivity index (χ0) is 9.03. The molecule has 12 heavy (non-hydrogen) atoms. The molecule has 1 aliphatic rings. The Morgan fingerprint density at radius 1 is 1.17 bits per heavy atom. The lowest BCUT2D eigenvalue weighted by molar-refractivity contribution is -0.232. The summed E-state index contributed by atoms with van der Waals surface area (Å²) in [6.07, 6.45) is -3.61. The Balaban J connectivity index is 2.40. The average Bonchev–Trinajstić information content (AvgIpc) is 1.81. The fourth-order valence-corrected chi connectivity index (χ4v) is 1.11. The van der Waals surface area contributed by atoms with Crippen LogP contribution in [-0.4, -0.2) is 25.6 Å². The van der Waals surface area contributed by atoms with Crippen LogP contribution in [0.4, 0.5) is 13.2 Å². The van der Waals surface area contributed by atoms with E-state index in [2.05, 4.69) is 10.1 Å². The molecule has 0 amide bonds. The third-order valence-corrected chi connectivity index (χ3v) is 1.73. The predicted octanol–water partition coefficient (Wildman–Crippen LogP) is 1.66. The van der Waals surface area contributed by atoms with Crippen LogP contribution in [0.3, 0.4) is 0 Å². The van der Waals surface area contributed by atoms with Crippen LogP contribution in [0.15, 0.2) is 0 Å². The summed E-state index contributed by atoms with van der Waals surface area (Å²) in [7, 11) is 0. The molecule has 0 saturated carbocycles. The molecule has 1 fully saturated rings. The number of ether oxygens (including phenoxy) is 1. The Morgan fingerprint density at radius 2 is 1.92 bits per heavy atom. The second kappa shape index (κ2) is 4.09. The third-order valence-electron chi connectivity index (χ3n) is 1.73. The maximum atomic E-state index is 12.1. The van der Waals surface area contributed by atoms with E-state index < -0.39 is 12.4 Å². The van der Waals surface area contributed by atoms with Crippen LogP contribution >= 0.6 is 0 Å². The molecule has 1 saturated heterocycles. The molecular weight excluding hydrogens is 171 g/mol. The van der Waals surface area contributed by atoms with Gasteiger partial charge < -0.3 is 4.74 Å². The van der Waals surface area contributed by atoms with Crippen LogP contribution in [0.1, 0.15) is 19.3 Å². The van der Waals surface area contributed by atoms with E-state index in [1.54, 1.807) is 0 Å². The van der Waals surface area contributed by atoms with Gasteiger partial charge in [0.2, 0.25) is 6.23 Å². The number of hydrogen-bond acceptors (Lipinski definition) is 2. The van der Waals surface area contributed by atoms with E-state index in [1.165, 1.54) is 0 Å². The molecule has 5 heteroatoms. The highest BCUT2D eigenvalue weighted by atomic mass is 19.4. The summed E-state index contributed by atoms with van der Waals surface area (Å²) in [5.41, 5.74) is 0. The molecule has 1 N–H and O–H groups in total. The van der Waals surface area contributed by atoms with Crippen LogP contribution in [0, 0.1) is 0 Å². The number of alkyl halides is 3. The van der Waals surface area contributed by atoms with E-state index in [1.807, 2.05) is 0 Å². The molecule has 1 unspecified atom stereocenters. The van der Waals surface area contributed by atoms with E-state index in [4.69, 9.17) is 0 Å². The van der Waals surface area contributed by atoms with E-state index in [9.17, 15) is 13.2 Å². The van der Waals surface area contributed by atoms with Crippen LogP contribution in [0.2, 0.25) is 0 Å². The van der Waals surface area contributed by atoms with Gasteiger partial charge in [0.1, 0.15) is 0 Å². The van der Waals surface area contributed by atoms with Gasteiger partial charge in [-0.2, -0.15) is 13.2 Å². The Hall–Kier alpha value is -0.290. The molecule has 0 aromatic carbocycles. The van der Waals surface area contributed by atoms with E-state index in [-0.39, 0.29) is 6.61 Å². The minimum atomic E-state index is -4.28. The van der Waals surface area contributed by atoms with Crippen molar-refractivity contribution < 1.29 is 17.9 Å². The van der Waals surface area contributed by atoms with E-state index in [0.717, 1.165) is 12.8 Å². The van der Waals surface area contributed by atoms with Gasteiger partial charge in [0.25, 0.3) is 0 Å². The highest BCUT2D eigenvalue weighted by Crippen LogP contribution is 2.22. The summed E-state index contributed by atoms with van der Waals surface area (Å²) < 4.78 is 40.8. The Bertz CT molecular complexity index is 129. The molecule has 0 bridgehead atoms. The number of halogens is 3. The topological polar surface area (TPSA) is 21.3 Å². The summed E-state index contributed by atoms with van der Waals surface area (Å²) in [5.74, 6) is 0. The van der Waals surface area contributed by atoms with Crippen LogP contribution in [-0.2, 0) is 4.74 Å². The van der Waals surface area contributed by atoms with Crippen molar-refractivity contribution in [1.82, 2.24) is 5.32 Å². The van der Waals surface area contributed by atoms with Crippen molar-refractivity contribution in [1.29, 1.82) is 0 Å². The van der Waals surface area contributed by atoms with Crippen molar-refractivity contribution in [2.75, 3.05) is 13.2 Å². The van der Waals surface area contributed by atoms with Crippen LogP contribution in [0.5, 0.6) is 0 Å². The van der Waals surface area contributed by atoms with Crippen molar-refractivity contribution in [3.8, 4) is 0 Å². The number of hydrogen-bond donors (Lipinski definition) is 1. The smallest absolute Gasteiger partial charge is 0.354 e. The van der Waals surface area contributed by atoms with Gasteiger partial charge in [-0.25, -0.2) is 0 Å². The molecule has 1 heterocycles. The van der Waals surface area contributed by atoms with Crippen LogP contribution < -0.4 is 5.32 Å². The van der Waals surface area contributed by atoms with Gasteiger partial charge in [-0.15, -0.1) is 0 Å². The fourth-order valence-electron chi connectivity index (χ4n) is 1.11. The second-order valence-corrected chi connectivity index (χ2v) is 2.81. The van der Waals surface area contributed by atoms with Gasteiger partial charge in [-0.05, 0) is 25.8 Å². The number of nitrogens with one attached hydrogen (secondary N) is 1. The highest BCUT2D eigenvalue weighted by Gasteiger charge is 2.40. The molecule has 1 aliphatic heterocycles. The molecule has 0 spiro atoms. The molecule has 0 aromatic heterocycles. The number of rotatable bonds is 0. The minimum absolute atomic E-state index is 0.192. The first kappa shape index (κ1) is 9.80. The second-order valence-electron chi connectivity index (χ2n) is 2.81. The Labute approximate surface area is 69.1 Å². The Morgan fingerprint density at radius 3 is 2.58 bits per heavy atom. The van der Waals surface area contributed by atoms with Gasteiger partial charge >= 0.3 is 6.18 Å². The molecule has 0 aromatic rings. The largest absolute Gasteiger partial charge is 0.428 e. The molecular formula is C7H12F3NO. The monoisotopic (exact) mass is 183 g/mol. The zero-order valence-corrected chi connectivity index (χ0v) is 6.66. The lowest BCUT2D eigenvalue weighted by Crippen LogP contribution is -2.45. The first-order valence-corrected chi connectivity index (χ1v) is 4.02. The Kier molecular flexibility index (Phi) is 3.34. The molecule has 0 radical (unpaired) electrons. The van der Waals surface area contributed by atoms with Crippen molar-refractivity contribution in [2.45, 2.75) is 31.7 Å². The molecule has 1 rings (SSSR count). The van der Waals surface area contributed by atoms with Gasteiger partial charge in [-0.3, -0.25) is 5.32 Å². The third kappa shape index (κ3) is 2.98. The summed E-state index contributed by atoms with van der Waals surface area (Å²) >= 11 is 0. The average molecular weight is 183 g/mol. The molecule has 2 nitrogen and oxygen atoms in total. The van der Waals surface area contributed by atoms with E-state index >= 15 is 0 Å². The maximum Gasteiger partial charge on any atom is 0.428 e. The summed E-state index contributed by atoms with van der Waals surface area (Å²) in [6, 6.07) is 0. The van der Waals surface area contributed by atoms with E-state index in [0.29, 0.717) is 13.0 Å². The molecule has 72 valence electrons. The summed E-state index contributed by atoms with van der Waals surface area (Å²) in [4.78, 5) is 0. The lowest BCUT2D eigenvalue weighted by atomic mass is 10.2. The fraction of sp³-hybridized carbons (Fsp3) is 1.00. The zero-order valence-electron chi connectivity index (χ0n) is 6.66. The quantitative estimate of drug-likeness (QED) is 0.616. The van der Waals surface area contributed by atoms with Gasteiger partial charge in [0.05, 0.1) is 0 Å². The SMILES string of the molecule is FC(F)(F)C1NCCCCCO1.